The van der Waals surface area contributed by atoms with Gasteiger partial charge in [0.2, 0.25) is 0 Å². The van der Waals surface area contributed by atoms with E-state index in [2.05, 4.69) is 4.90 Å². The average Bonchev–Trinajstić information content (AvgIpc) is 2.96. The summed E-state index contributed by atoms with van der Waals surface area (Å²) in [5.41, 5.74) is 1.08. The van der Waals surface area contributed by atoms with Crippen molar-refractivity contribution in [2.45, 2.75) is 10.8 Å². The Hall–Kier alpha value is -3.20. The van der Waals surface area contributed by atoms with Crippen molar-refractivity contribution >= 4 is 52.8 Å². The summed E-state index contributed by atoms with van der Waals surface area (Å²) in [6, 6.07) is 14.6. The standard InChI is InChI=1S/C29H29Cl2N3O5S/c1-32-12-14-33(15-13-32)27-26(29(37)39-3)25(23-20(30)10-7-11-21(23)31)24(28(36)38-2)22(34(27)16-17-35)18-40-19-8-5-4-6-9-19/h4-11,16,25H,12-15,18H2,1-3H3. The molecule has 0 amide bonds. The molecule has 1 fully saturated rings. The van der Waals surface area contributed by atoms with Crippen molar-refractivity contribution in [1.82, 2.24) is 14.7 Å². The van der Waals surface area contributed by atoms with Crippen LogP contribution in [-0.4, -0.2) is 85.8 Å². The Morgan fingerprint density at radius 1 is 0.950 bits per heavy atom. The van der Waals surface area contributed by atoms with E-state index in [1.807, 2.05) is 48.2 Å². The number of halogens is 2. The number of hydrogen-bond donors (Lipinski definition) is 0. The molecule has 2 aliphatic heterocycles. The zero-order chi connectivity index (χ0) is 28.8. The van der Waals surface area contributed by atoms with Crippen molar-refractivity contribution in [3.8, 4) is 0 Å². The molecule has 0 N–H and O–H groups in total. The lowest BCUT2D eigenvalue weighted by Crippen LogP contribution is -2.49. The molecule has 0 aliphatic carbocycles. The van der Waals surface area contributed by atoms with E-state index >= 15 is 0 Å². The van der Waals surface area contributed by atoms with E-state index < -0.39 is 17.9 Å². The third-order valence-corrected chi connectivity index (χ3v) is 8.53. The van der Waals surface area contributed by atoms with Gasteiger partial charge in [-0.2, -0.15) is 0 Å². The summed E-state index contributed by atoms with van der Waals surface area (Å²) in [7, 11) is 4.55. The van der Waals surface area contributed by atoms with Gasteiger partial charge in [-0.3, -0.25) is 4.90 Å². The Morgan fingerprint density at radius 2 is 1.55 bits per heavy atom. The van der Waals surface area contributed by atoms with Gasteiger partial charge in [0.1, 0.15) is 11.8 Å². The number of likely N-dealkylation sites (N-methyl/N-ethyl adjacent to an activating group) is 1. The first-order valence-electron chi connectivity index (χ1n) is 12.5. The van der Waals surface area contributed by atoms with Crippen LogP contribution in [0.2, 0.25) is 10.0 Å². The highest BCUT2D eigenvalue weighted by atomic mass is 35.5. The Labute approximate surface area is 247 Å². The predicted octanol–water partition coefficient (Wildman–Crippen LogP) is 4.59. The van der Waals surface area contributed by atoms with Crippen molar-refractivity contribution in [2.24, 2.45) is 0 Å². The Kier molecular flexibility index (Phi) is 10.0. The Balaban J connectivity index is 2.06. The summed E-state index contributed by atoms with van der Waals surface area (Å²) in [6.45, 7) is 2.56. The number of esters is 2. The molecule has 2 aliphatic rings. The van der Waals surface area contributed by atoms with Gasteiger partial charge in [-0.25, -0.2) is 14.4 Å². The molecule has 210 valence electrons. The second-order valence-electron chi connectivity index (χ2n) is 9.16. The number of piperazine rings is 1. The summed E-state index contributed by atoms with van der Waals surface area (Å²) in [5, 5.41) is 0.542. The summed E-state index contributed by atoms with van der Waals surface area (Å²) in [6.07, 6.45) is 1.20. The molecule has 8 nitrogen and oxygen atoms in total. The average molecular weight is 603 g/mol. The van der Waals surface area contributed by atoms with Gasteiger partial charge in [0.15, 0.2) is 0 Å². The fourth-order valence-corrected chi connectivity index (χ4v) is 6.48. The first kappa shape index (κ1) is 29.8. The molecule has 1 unspecified atom stereocenters. The number of hydrogen-bond acceptors (Lipinski definition) is 9. The largest absolute Gasteiger partial charge is 0.466 e. The van der Waals surface area contributed by atoms with Crippen LogP contribution in [0.5, 0.6) is 0 Å². The maximum absolute atomic E-state index is 13.7. The molecule has 0 saturated carbocycles. The normalized spacial score (nSPS) is 18.0. The molecule has 1 saturated heterocycles. The van der Waals surface area contributed by atoms with Gasteiger partial charge < -0.3 is 19.3 Å². The van der Waals surface area contributed by atoms with Crippen LogP contribution < -0.4 is 0 Å². The van der Waals surface area contributed by atoms with E-state index in [0.29, 0.717) is 30.2 Å². The van der Waals surface area contributed by atoms with Gasteiger partial charge in [0, 0.05) is 58.1 Å². The van der Waals surface area contributed by atoms with E-state index in [1.54, 1.807) is 23.1 Å². The maximum atomic E-state index is 13.7. The smallest absolute Gasteiger partial charge is 0.338 e. The van der Waals surface area contributed by atoms with Crippen LogP contribution in [0, 0.1) is 0 Å². The van der Waals surface area contributed by atoms with Crippen LogP contribution >= 0.6 is 35.0 Å². The Bertz CT molecular complexity index is 1360. The summed E-state index contributed by atoms with van der Waals surface area (Å²) in [4.78, 5) is 45.9. The van der Waals surface area contributed by atoms with E-state index in [-0.39, 0.29) is 26.9 Å². The van der Waals surface area contributed by atoms with E-state index in [9.17, 15) is 14.4 Å². The van der Waals surface area contributed by atoms with Crippen LogP contribution in [0.15, 0.2) is 82.3 Å². The molecule has 2 aromatic carbocycles. The third kappa shape index (κ3) is 6.09. The molecule has 40 heavy (non-hydrogen) atoms. The van der Waals surface area contributed by atoms with Crippen LogP contribution in [0.3, 0.4) is 0 Å². The highest BCUT2D eigenvalue weighted by Gasteiger charge is 2.45. The van der Waals surface area contributed by atoms with Crippen molar-refractivity contribution in [2.75, 3.05) is 53.2 Å². The van der Waals surface area contributed by atoms with Crippen LogP contribution in [-0.2, 0) is 23.9 Å². The molecule has 1 atom stereocenters. The first-order chi connectivity index (χ1) is 19.3. The number of carbonyl (C=O) groups is 2. The highest BCUT2D eigenvalue weighted by Crippen LogP contribution is 2.48. The molecule has 0 aromatic heterocycles. The maximum Gasteiger partial charge on any atom is 0.338 e. The van der Waals surface area contributed by atoms with E-state index in [1.165, 1.54) is 32.2 Å². The van der Waals surface area contributed by atoms with Crippen LogP contribution in [0.1, 0.15) is 11.5 Å². The number of rotatable bonds is 8. The van der Waals surface area contributed by atoms with Gasteiger partial charge in [0.05, 0.1) is 37.5 Å². The number of carbonyl (C=O) groups excluding carboxylic acids is 3. The minimum atomic E-state index is -1.03. The number of benzene rings is 2. The van der Waals surface area contributed by atoms with Crippen molar-refractivity contribution in [3.63, 3.8) is 0 Å². The minimum absolute atomic E-state index is 0.127. The zero-order valence-electron chi connectivity index (χ0n) is 22.4. The summed E-state index contributed by atoms with van der Waals surface area (Å²) < 4.78 is 10.5. The summed E-state index contributed by atoms with van der Waals surface area (Å²) in [5.74, 6) is 0.132. The van der Waals surface area contributed by atoms with Gasteiger partial charge in [-0.05, 0) is 31.3 Å². The van der Waals surface area contributed by atoms with Crippen molar-refractivity contribution < 1.29 is 23.9 Å². The Morgan fingerprint density at radius 3 is 2.12 bits per heavy atom. The fraction of sp³-hybridized carbons (Fsp3) is 0.310. The molecule has 2 aromatic rings. The fourth-order valence-electron chi connectivity index (χ4n) is 4.92. The van der Waals surface area contributed by atoms with E-state index in [0.717, 1.165) is 18.0 Å². The van der Waals surface area contributed by atoms with Gasteiger partial charge >= 0.3 is 11.9 Å². The molecule has 11 heteroatoms. The second kappa shape index (κ2) is 13.4. The summed E-state index contributed by atoms with van der Waals surface area (Å²) >= 11 is 14.9. The molecular weight excluding hydrogens is 573 g/mol. The third-order valence-electron chi connectivity index (χ3n) is 6.85. The lowest BCUT2D eigenvalue weighted by atomic mass is 9.80. The van der Waals surface area contributed by atoms with Crippen molar-refractivity contribution in [3.05, 3.63) is 93.0 Å². The predicted molar refractivity (Wildman–Crippen MR) is 156 cm³/mol. The van der Waals surface area contributed by atoms with Gasteiger partial charge in [-0.15, -0.1) is 11.8 Å². The molecule has 0 spiro atoms. The topological polar surface area (TPSA) is 79.4 Å². The second-order valence-corrected chi connectivity index (χ2v) is 11.0. The quantitative estimate of drug-likeness (QED) is 0.245. The van der Waals surface area contributed by atoms with Crippen LogP contribution in [0.25, 0.3) is 0 Å². The lowest BCUT2D eigenvalue weighted by molar-refractivity contribution is -0.137. The lowest BCUT2D eigenvalue weighted by Gasteiger charge is -2.44. The molecular formula is C29H29Cl2N3O5S. The molecule has 0 bridgehead atoms. The van der Waals surface area contributed by atoms with Gasteiger partial charge in [0.25, 0.3) is 0 Å². The number of thioether (sulfide) groups is 1. The van der Waals surface area contributed by atoms with Crippen LogP contribution in [0.4, 0.5) is 0 Å². The first-order valence-corrected chi connectivity index (χ1v) is 14.3. The van der Waals surface area contributed by atoms with Gasteiger partial charge in [-0.1, -0.05) is 47.5 Å². The number of nitrogens with zero attached hydrogens (tertiary/aromatic N) is 3. The molecule has 2 heterocycles. The molecule has 4 rings (SSSR count). The molecule has 0 radical (unpaired) electrons. The van der Waals surface area contributed by atoms with Crippen molar-refractivity contribution in [1.29, 1.82) is 0 Å². The zero-order valence-corrected chi connectivity index (χ0v) is 24.7. The SMILES string of the molecule is COC(=O)C1=C(CSc2ccccc2)N(C=C=O)C(N2CCN(C)CC2)=C(C(=O)OC)C1c1c(Cl)cccc1Cl. The monoisotopic (exact) mass is 601 g/mol. The number of ether oxygens (including phenoxy) is 2. The van der Waals surface area contributed by atoms with E-state index in [4.69, 9.17) is 32.7 Å². The minimum Gasteiger partial charge on any atom is -0.466 e. The number of methoxy groups -OCH3 is 2. The highest BCUT2D eigenvalue weighted by molar-refractivity contribution is 7.99.